The molecule has 2 amide bonds. The molecule has 6 heteroatoms. The highest BCUT2D eigenvalue weighted by atomic mass is 32.1. The van der Waals surface area contributed by atoms with Crippen LogP contribution in [0.1, 0.15) is 49.6 Å². The number of aryl methyl sites for hydroxylation is 1. The summed E-state index contributed by atoms with van der Waals surface area (Å²) in [5.74, 6) is 0. The molecule has 2 saturated carbocycles. The first-order valence-electron chi connectivity index (χ1n) is 8.20. The molecule has 2 aliphatic rings. The van der Waals surface area contributed by atoms with Crippen LogP contribution in [-0.4, -0.2) is 29.8 Å². The molecule has 0 aromatic carbocycles. The molecular formula is C16H25N3O2S. The first kappa shape index (κ1) is 15.7. The second kappa shape index (κ2) is 6.54. The third kappa shape index (κ3) is 2.86. The van der Waals surface area contributed by atoms with Crippen molar-refractivity contribution < 1.29 is 9.53 Å². The van der Waals surface area contributed by atoms with Gasteiger partial charge < -0.3 is 15.4 Å². The quantitative estimate of drug-likeness (QED) is 0.875. The third-order valence-electron chi connectivity index (χ3n) is 5.25. The minimum atomic E-state index is -0.0703. The fraction of sp³-hybridized carbons (Fsp3) is 0.750. The van der Waals surface area contributed by atoms with Gasteiger partial charge in [0.15, 0.2) is 0 Å². The van der Waals surface area contributed by atoms with E-state index >= 15 is 0 Å². The highest BCUT2D eigenvalue weighted by Crippen LogP contribution is 2.54. The molecule has 0 bridgehead atoms. The maximum atomic E-state index is 12.2. The number of nitrogens with zero attached hydrogens (tertiary/aromatic N) is 1. The molecule has 1 spiro atoms. The van der Waals surface area contributed by atoms with Crippen molar-refractivity contribution in [1.29, 1.82) is 0 Å². The highest BCUT2D eigenvalue weighted by Gasteiger charge is 2.57. The van der Waals surface area contributed by atoms with Gasteiger partial charge in [0.1, 0.15) is 0 Å². The smallest absolute Gasteiger partial charge is 0.315 e. The number of thiazole rings is 1. The average Bonchev–Trinajstić information content (AvgIpc) is 3.14. The Kier molecular flexibility index (Phi) is 4.68. The van der Waals surface area contributed by atoms with Crippen LogP contribution in [-0.2, 0) is 11.3 Å². The lowest BCUT2D eigenvalue weighted by atomic mass is 9.60. The zero-order valence-electron chi connectivity index (χ0n) is 13.4. The Morgan fingerprint density at radius 3 is 2.91 bits per heavy atom. The summed E-state index contributed by atoms with van der Waals surface area (Å²) in [4.78, 5) is 17.5. The van der Waals surface area contributed by atoms with Crippen molar-refractivity contribution in [2.75, 3.05) is 6.61 Å². The predicted molar refractivity (Wildman–Crippen MR) is 86.9 cm³/mol. The molecule has 0 radical (unpaired) electrons. The lowest BCUT2D eigenvalue weighted by molar-refractivity contribution is -0.126. The number of aromatic nitrogens is 1. The molecule has 3 rings (SSSR count). The molecule has 0 aliphatic heterocycles. The van der Waals surface area contributed by atoms with Crippen molar-refractivity contribution in [3.63, 3.8) is 0 Å². The third-order valence-corrected chi connectivity index (χ3v) is 6.18. The molecule has 1 aromatic heterocycles. The van der Waals surface area contributed by atoms with Gasteiger partial charge in [0.2, 0.25) is 0 Å². The Hall–Kier alpha value is -1.14. The Bertz CT molecular complexity index is 525. The monoisotopic (exact) mass is 323 g/mol. The lowest BCUT2D eigenvalue weighted by Gasteiger charge is -2.53. The predicted octanol–water partition coefficient (Wildman–Crippen LogP) is 2.99. The van der Waals surface area contributed by atoms with Gasteiger partial charge in [0, 0.05) is 22.9 Å². The van der Waals surface area contributed by atoms with Crippen LogP contribution in [0.2, 0.25) is 0 Å². The van der Waals surface area contributed by atoms with Gasteiger partial charge in [-0.05, 0) is 33.1 Å². The number of nitrogens with one attached hydrogen (secondary N) is 2. The number of hydrogen-bond acceptors (Lipinski definition) is 4. The van der Waals surface area contributed by atoms with Crippen molar-refractivity contribution in [3.05, 3.63) is 16.1 Å². The molecule has 2 fully saturated rings. The standard InChI is InChI=1S/C16H25N3O2S/c1-3-21-14-8-13(16(14)6-4-5-7-16)19-15(20)17-9-12-11(2)18-10-22-12/h10,13-14H,3-9H2,1-2H3,(H2,17,19,20)/t13-,14-/m1/s1. The largest absolute Gasteiger partial charge is 0.378 e. The summed E-state index contributed by atoms with van der Waals surface area (Å²) >= 11 is 1.58. The Morgan fingerprint density at radius 1 is 1.50 bits per heavy atom. The summed E-state index contributed by atoms with van der Waals surface area (Å²) < 4.78 is 5.88. The minimum Gasteiger partial charge on any atom is -0.378 e. The number of urea groups is 1. The van der Waals surface area contributed by atoms with E-state index in [9.17, 15) is 4.79 Å². The molecular weight excluding hydrogens is 298 g/mol. The summed E-state index contributed by atoms with van der Waals surface area (Å²) in [6, 6.07) is 0.188. The Labute approximate surface area is 135 Å². The van der Waals surface area contributed by atoms with Crippen LogP contribution in [0.15, 0.2) is 5.51 Å². The van der Waals surface area contributed by atoms with Gasteiger partial charge >= 0.3 is 6.03 Å². The molecule has 2 atom stereocenters. The van der Waals surface area contributed by atoms with Gasteiger partial charge in [0.25, 0.3) is 0 Å². The number of carbonyl (C=O) groups is 1. The van der Waals surface area contributed by atoms with Crippen LogP contribution < -0.4 is 10.6 Å². The summed E-state index contributed by atoms with van der Waals surface area (Å²) in [6.45, 7) is 5.33. The van der Waals surface area contributed by atoms with Crippen molar-refractivity contribution in [3.8, 4) is 0 Å². The van der Waals surface area contributed by atoms with E-state index in [0.717, 1.165) is 23.6 Å². The maximum absolute atomic E-state index is 12.2. The number of rotatable bonds is 5. The van der Waals surface area contributed by atoms with Crippen LogP contribution >= 0.6 is 11.3 Å². The van der Waals surface area contributed by atoms with Crippen LogP contribution in [0.3, 0.4) is 0 Å². The fourth-order valence-corrected chi connectivity index (χ4v) is 4.67. The summed E-state index contributed by atoms with van der Waals surface area (Å²) in [7, 11) is 0. The summed E-state index contributed by atoms with van der Waals surface area (Å²) in [5, 5.41) is 6.13. The SMILES string of the molecule is CCO[C@@H]1C[C@@H](NC(=O)NCc2scnc2C)C12CCCC2. The van der Waals surface area contributed by atoms with E-state index in [4.69, 9.17) is 4.74 Å². The Balaban J connectivity index is 1.52. The van der Waals surface area contributed by atoms with Crippen molar-refractivity contribution >= 4 is 17.4 Å². The second-order valence-electron chi connectivity index (χ2n) is 6.36. The fourth-order valence-electron chi connectivity index (χ4n) is 3.95. The van der Waals surface area contributed by atoms with Gasteiger partial charge in [-0.1, -0.05) is 12.8 Å². The molecule has 1 heterocycles. The first-order valence-corrected chi connectivity index (χ1v) is 9.08. The van der Waals surface area contributed by atoms with E-state index in [1.165, 1.54) is 25.7 Å². The number of hydrogen-bond donors (Lipinski definition) is 2. The molecule has 0 unspecified atom stereocenters. The van der Waals surface area contributed by atoms with Crippen LogP contribution in [0, 0.1) is 12.3 Å². The van der Waals surface area contributed by atoms with E-state index in [0.29, 0.717) is 12.6 Å². The first-order chi connectivity index (χ1) is 10.7. The van der Waals surface area contributed by atoms with Crippen molar-refractivity contribution in [2.24, 2.45) is 5.41 Å². The maximum Gasteiger partial charge on any atom is 0.315 e. The molecule has 22 heavy (non-hydrogen) atoms. The zero-order valence-corrected chi connectivity index (χ0v) is 14.2. The van der Waals surface area contributed by atoms with Crippen molar-refractivity contribution in [2.45, 2.75) is 64.6 Å². The van der Waals surface area contributed by atoms with Gasteiger partial charge in [0.05, 0.1) is 23.9 Å². The molecule has 2 aliphatic carbocycles. The topological polar surface area (TPSA) is 63.2 Å². The van der Waals surface area contributed by atoms with E-state index in [1.54, 1.807) is 11.3 Å². The number of ether oxygens (including phenoxy) is 1. The zero-order chi connectivity index (χ0) is 15.6. The van der Waals surface area contributed by atoms with E-state index in [2.05, 4.69) is 15.6 Å². The van der Waals surface area contributed by atoms with Crippen molar-refractivity contribution in [1.82, 2.24) is 15.6 Å². The molecule has 122 valence electrons. The van der Waals surface area contributed by atoms with Gasteiger partial charge in [-0.15, -0.1) is 11.3 Å². The summed E-state index contributed by atoms with van der Waals surface area (Å²) in [6.07, 6.45) is 6.13. The van der Waals surface area contributed by atoms with E-state index in [-0.39, 0.29) is 17.5 Å². The van der Waals surface area contributed by atoms with Crippen LogP contribution in [0.5, 0.6) is 0 Å². The van der Waals surface area contributed by atoms with Gasteiger partial charge in [-0.2, -0.15) is 0 Å². The lowest BCUT2D eigenvalue weighted by Crippen LogP contribution is -2.64. The van der Waals surface area contributed by atoms with E-state index in [1.807, 2.05) is 19.4 Å². The number of amides is 2. The minimum absolute atomic E-state index is 0.0703. The summed E-state index contributed by atoms with van der Waals surface area (Å²) in [5.41, 5.74) is 3.00. The normalized spacial score (nSPS) is 25.9. The average molecular weight is 323 g/mol. The van der Waals surface area contributed by atoms with Crippen LogP contribution in [0.25, 0.3) is 0 Å². The molecule has 1 aromatic rings. The van der Waals surface area contributed by atoms with Crippen LogP contribution in [0.4, 0.5) is 4.79 Å². The molecule has 5 nitrogen and oxygen atoms in total. The molecule has 0 saturated heterocycles. The second-order valence-corrected chi connectivity index (χ2v) is 7.30. The molecule has 2 N–H and O–H groups in total. The highest BCUT2D eigenvalue weighted by molar-refractivity contribution is 7.09. The number of carbonyl (C=O) groups excluding carboxylic acids is 1. The van der Waals surface area contributed by atoms with E-state index < -0.39 is 0 Å². The van der Waals surface area contributed by atoms with Gasteiger partial charge in [-0.3, -0.25) is 0 Å². The van der Waals surface area contributed by atoms with Gasteiger partial charge in [-0.25, -0.2) is 9.78 Å². The Morgan fingerprint density at radius 2 is 2.27 bits per heavy atom.